The number of amides is 1. The van der Waals surface area contributed by atoms with Gasteiger partial charge in [-0.3, -0.25) is 4.79 Å². The molecule has 4 rings (SSSR count). The summed E-state index contributed by atoms with van der Waals surface area (Å²) in [6.07, 6.45) is 2.59. The van der Waals surface area contributed by atoms with Gasteiger partial charge in [0.05, 0.1) is 21.6 Å². The molecule has 7 nitrogen and oxygen atoms in total. The van der Waals surface area contributed by atoms with Crippen molar-refractivity contribution >= 4 is 33.2 Å². The Balaban J connectivity index is 1.37. The zero-order valence-corrected chi connectivity index (χ0v) is 19.4. The lowest BCUT2D eigenvalue weighted by Crippen LogP contribution is -2.51. The molecule has 32 heavy (non-hydrogen) atoms. The number of sulfonamides is 1. The summed E-state index contributed by atoms with van der Waals surface area (Å²) >= 11 is 5.90. The highest BCUT2D eigenvalue weighted by Crippen LogP contribution is 2.31. The smallest absolute Gasteiger partial charge is 0.240 e. The van der Waals surface area contributed by atoms with Gasteiger partial charge in [-0.2, -0.15) is 0 Å². The van der Waals surface area contributed by atoms with Crippen molar-refractivity contribution < 1.29 is 13.2 Å². The summed E-state index contributed by atoms with van der Waals surface area (Å²) in [5.41, 5.74) is 7.12. The highest BCUT2D eigenvalue weighted by Gasteiger charge is 2.35. The predicted octanol–water partition coefficient (Wildman–Crippen LogP) is 2.93. The van der Waals surface area contributed by atoms with E-state index >= 15 is 0 Å². The van der Waals surface area contributed by atoms with Gasteiger partial charge in [-0.1, -0.05) is 41.9 Å². The normalized spacial score (nSPS) is 24.3. The van der Waals surface area contributed by atoms with Crippen molar-refractivity contribution in [3.63, 3.8) is 0 Å². The second kappa shape index (κ2) is 9.79. The van der Waals surface area contributed by atoms with E-state index in [1.54, 1.807) is 0 Å². The maximum atomic E-state index is 13.4. The van der Waals surface area contributed by atoms with Crippen LogP contribution in [0.4, 0.5) is 5.69 Å². The maximum Gasteiger partial charge on any atom is 0.240 e. The average molecular weight is 477 g/mol. The molecular weight excluding hydrogens is 448 g/mol. The van der Waals surface area contributed by atoms with Crippen LogP contribution in [0.5, 0.6) is 0 Å². The van der Waals surface area contributed by atoms with Gasteiger partial charge in [0.25, 0.3) is 0 Å². The van der Waals surface area contributed by atoms with Crippen LogP contribution >= 0.6 is 11.6 Å². The van der Waals surface area contributed by atoms with Crippen LogP contribution in [0.1, 0.15) is 37.3 Å². The molecule has 1 aliphatic carbocycles. The first-order valence-electron chi connectivity index (χ1n) is 11.0. The summed E-state index contributed by atoms with van der Waals surface area (Å²) in [7, 11) is -3.69. The van der Waals surface area contributed by atoms with E-state index in [1.807, 2.05) is 23.1 Å². The van der Waals surface area contributed by atoms with Crippen LogP contribution in [-0.4, -0.2) is 44.9 Å². The van der Waals surface area contributed by atoms with Crippen LogP contribution in [0.2, 0.25) is 5.02 Å². The first-order valence-corrected chi connectivity index (χ1v) is 12.8. The van der Waals surface area contributed by atoms with Crippen molar-refractivity contribution in [1.29, 1.82) is 0 Å². The second-order valence-electron chi connectivity index (χ2n) is 8.52. The molecule has 2 aromatic rings. The third kappa shape index (κ3) is 5.09. The van der Waals surface area contributed by atoms with E-state index in [9.17, 15) is 13.2 Å². The summed E-state index contributed by atoms with van der Waals surface area (Å²) in [6, 6.07) is 14.2. The van der Waals surface area contributed by atoms with E-state index in [1.165, 1.54) is 18.2 Å². The highest BCUT2D eigenvalue weighted by molar-refractivity contribution is 7.89. The van der Waals surface area contributed by atoms with Crippen molar-refractivity contribution in [2.45, 2.75) is 42.7 Å². The Bertz CT molecular complexity index is 1060. The number of piperazine rings is 1. The fourth-order valence-corrected chi connectivity index (χ4v) is 6.07. The van der Waals surface area contributed by atoms with Gasteiger partial charge in [-0.15, -0.1) is 0 Å². The zero-order valence-electron chi connectivity index (χ0n) is 17.8. The molecule has 0 aromatic heterocycles. The third-order valence-corrected chi connectivity index (χ3v) is 8.25. The largest absolute Gasteiger partial charge is 0.397 e. The summed E-state index contributed by atoms with van der Waals surface area (Å²) in [4.78, 5) is 15.5. The minimum atomic E-state index is -3.69. The lowest BCUT2D eigenvalue weighted by molar-refractivity contribution is -0.140. The Labute approximate surface area is 194 Å². The molecule has 2 aliphatic rings. The molecule has 1 saturated carbocycles. The lowest BCUT2D eigenvalue weighted by atomic mass is 9.85. The molecule has 4 N–H and O–H groups in total. The summed E-state index contributed by atoms with van der Waals surface area (Å²) in [6.45, 7) is 2.21. The van der Waals surface area contributed by atoms with Gasteiger partial charge in [0, 0.05) is 31.6 Å². The Morgan fingerprint density at radius 1 is 1.09 bits per heavy atom. The van der Waals surface area contributed by atoms with Gasteiger partial charge in [0.1, 0.15) is 0 Å². The summed E-state index contributed by atoms with van der Waals surface area (Å²) in [5, 5.41) is 3.71. The van der Waals surface area contributed by atoms with Crippen LogP contribution in [0, 0.1) is 5.92 Å². The molecule has 2 fully saturated rings. The first kappa shape index (κ1) is 23.0. The monoisotopic (exact) mass is 476 g/mol. The number of anilines is 1. The lowest BCUT2D eigenvalue weighted by Gasteiger charge is -2.40. The number of nitrogen functional groups attached to an aromatic ring is 1. The van der Waals surface area contributed by atoms with Gasteiger partial charge in [-0.05, 0) is 49.4 Å². The van der Waals surface area contributed by atoms with Crippen molar-refractivity contribution in [2.24, 2.45) is 5.92 Å². The molecule has 1 aliphatic heterocycles. The van der Waals surface area contributed by atoms with Crippen LogP contribution < -0.4 is 15.8 Å². The van der Waals surface area contributed by atoms with Gasteiger partial charge in [0.2, 0.25) is 15.9 Å². The van der Waals surface area contributed by atoms with Gasteiger partial charge in [-0.25, -0.2) is 13.1 Å². The van der Waals surface area contributed by atoms with Crippen LogP contribution in [0.15, 0.2) is 53.4 Å². The maximum absolute atomic E-state index is 13.4. The fourth-order valence-electron chi connectivity index (χ4n) is 4.61. The molecule has 0 unspecified atom stereocenters. The fraction of sp³-hybridized carbons (Fsp3) is 0.435. The van der Waals surface area contributed by atoms with Crippen LogP contribution in [0.25, 0.3) is 0 Å². The topological polar surface area (TPSA) is 105 Å². The molecule has 2 aromatic carbocycles. The third-order valence-electron chi connectivity index (χ3n) is 6.39. The number of rotatable bonds is 5. The molecule has 1 heterocycles. The van der Waals surface area contributed by atoms with E-state index in [0.29, 0.717) is 37.3 Å². The average Bonchev–Trinajstić information content (AvgIpc) is 2.81. The van der Waals surface area contributed by atoms with Crippen molar-refractivity contribution in [3.8, 4) is 0 Å². The Morgan fingerprint density at radius 2 is 1.81 bits per heavy atom. The van der Waals surface area contributed by atoms with Crippen molar-refractivity contribution in [2.75, 3.05) is 25.4 Å². The number of nitrogens with two attached hydrogens (primary N) is 1. The van der Waals surface area contributed by atoms with Crippen LogP contribution in [0.3, 0.4) is 0 Å². The predicted molar refractivity (Wildman–Crippen MR) is 126 cm³/mol. The molecule has 172 valence electrons. The number of nitrogens with zero attached hydrogens (tertiary/aromatic N) is 1. The zero-order chi connectivity index (χ0) is 22.7. The number of halogens is 1. The number of carbonyl (C=O) groups excluding carboxylic acids is 1. The molecule has 9 heteroatoms. The SMILES string of the molecule is Nc1cc(S(=O)(=O)N[C@H]2CC[C@H](C(=O)N3CCNC[C@@H]3c3ccccc3)CC2)ccc1Cl. The number of benzene rings is 2. The number of hydrogen-bond donors (Lipinski definition) is 3. The Kier molecular flexibility index (Phi) is 7.05. The van der Waals surface area contributed by atoms with E-state index in [-0.39, 0.29) is 34.5 Å². The molecular formula is C23H29ClN4O3S. The molecule has 1 atom stereocenters. The molecule has 0 radical (unpaired) electrons. The minimum Gasteiger partial charge on any atom is -0.397 e. The minimum absolute atomic E-state index is 0.0315. The van der Waals surface area contributed by atoms with Gasteiger partial charge >= 0.3 is 0 Å². The molecule has 0 spiro atoms. The Hall–Kier alpha value is -2.13. The van der Waals surface area contributed by atoms with Gasteiger partial charge < -0.3 is 16.0 Å². The van der Waals surface area contributed by atoms with Gasteiger partial charge in [0.15, 0.2) is 0 Å². The molecule has 0 bridgehead atoms. The summed E-state index contributed by atoms with van der Waals surface area (Å²) < 4.78 is 28.2. The Morgan fingerprint density at radius 3 is 2.50 bits per heavy atom. The number of carbonyl (C=O) groups is 1. The highest BCUT2D eigenvalue weighted by atomic mass is 35.5. The standard InChI is InChI=1S/C23H29ClN4O3S/c24-20-11-10-19(14-21(20)25)32(30,31)27-18-8-6-17(7-9-18)23(29)28-13-12-26-15-22(28)16-4-2-1-3-5-16/h1-5,10-11,14,17-18,22,26-27H,6-9,12-13,15,25H2/t17-,18-,22-/m1/s1. The molecule has 1 saturated heterocycles. The molecule has 1 amide bonds. The second-order valence-corrected chi connectivity index (χ2v) is 10.6. The van der Waals surface area contributed by atoms with Crippen molar-refractivity contribution in [3.05, 3.63) is 59.1 Å². The number of hydrogen-bond acceptors (Lipinski definition) is 5. The quantitative estimate of drug-likeness (QED) is 0.575. The number of nitrogens with one attached hydrogen (secondary N) is 2. The first-order chi connectivity index (χ1) is 15.3. The summed E-state index contributed by atoms with van der Waals surface area (Å²) in [5.74, 6) is 0.0957. The van der Waals surface area contributed by atoms with Crippen LogP contribution in [-0.2, 0) is 14.8 Å². The van der Waals surface area contributed by atoms with E-state index in [4.69, 9.17) is 17.3 Å². The van der Waals surface area contributed by atoms with E-state index < -0.39 is 10.0 Å². The van der Waals surface area contributed by atoms with E-state index in [2.05, 4.69) is 22.2 Å². The van der Waals surface area contributed by atoms with Crippen molar-refractivity contribution in [1.82, 2.24) is 14.9 Å². The van der Waals surface area contributed by atoms with E-state index in [0.717, 1.165) is 18.7 Å².